The van der Waals surface area contributed by atoms with E-state index in [-0.39, 0.29) is 30.0 Å². The molecule has 1 aliphatic carbocycles. The summed E-state index contributed by atoms with van der Waals surface area (Å²) in [6.07, 6.45) is 6.74. The molecule has 10 nitrogen and oxygen atoms in total. The number of aromatic nitrogens is 4. The number of ketones is 1. The molecule has 13 heteroatoms. The number of hydrogen-bond donors (Lipinski definition) is 2. The average molecular weight is 570 g/mol. The lowest BCUT2D eigenvalue weighted by molar-refractivity contribution is 0.103. The van der Waals surface area contributed by atoms with Crippen molar-refractivity contribution < 1.29 is 17.4 Å². The van der Waals surface area contributed by atoms with Gasteiger partial charge in [0.15, 0.2) is 0 Å². The van der Waals surface area contributed by atoms with Crippen molar-refractivity contribution in [2.45, 2.75) is 31.8 Å². The third kappa shape index (κ3) is 6.39. The van der Waals surface area contributed by atoms with Crippen LogP contribution in [0.1, 0.15) is 40.9 Å². The lowest BCUT2D eigenvalue weighted by atomic mass is 10.1. The highest BCUT2D eigenvalue weighted by atomic mass is 79.9. The van der Waals surface area contributed by atoms with Gasteiger partial charge in [0.05, 0.1) is 18.7 Å². The number of nitrogens with one attached hydrogen (secondary N) is 1. The first-order valence-electron chi connectivity index (χ1n) is 10.4. The Labute approximate surface area is 210 Å². The maximum absolute atomic E-state index is 13.2. The van der Waals surface area contributed by atoms with Crippen LogP contribution >= 0.6 is 27.5 Å². The van der Waals surface area contributed by atoms with Crippen LogP contribution < -0.4 is 10.5 Å². The fourth-order valence-electron chi connectivity index (χ4n) is 3.90. The number of halogens is 2. The Kier molecular flexibility index (Phi) is 7.63. The topological polar surface area (TPSA) is 142 Å². The lowest BCUT2D eigenvalue weighted by Gasteiger charge is -2.15. The van der Waals surface area contributed by atoms with Crippen LogP contribution in [-0.4, -0.2) is 46.6 Å². The molecule has 2 atom stereocenters. The summed E-state index contributed by atoms with van der Waals surface area (Å²) >= 11 is 9.70. The van der Waals surface area contributed by atoms with E-state index in [1.165, 1.54) is 12.5 Å². The second-order valence-corrected chi connectivity index (χ2v) is 10.6. The van der Waals surface area contributed by atoms with Gasteiger partial charge in [-0.3, -0.25) is 13.7 Å². The molecule has 1 fully saturated rings. The number of hydrogen-bond acceptors (Lipinski definition) is 8. The van der Waals surface area contributed by atoms with Gasteiger partial charge in [-0.2, -0.15) is 13.5 Å². The number of carbonyl (C=O) groups is 1. The number of rotatable bonds is 9. The Morgan fingerprint density at radius 3 is 2.94 bits per heavy atom. The van der Waals surface area contributed by atoms with Gasteiger partial charge in [-0.05, 0) is 55.0 Å². The molecular weight excluding hydrogens is 548 g/mol. The van der Waals surface area contributed by atoms with E-state index in [1.54, 1.807) is 23.0 Å². The first-order valence-corrected chi connectivity index (χ1v) is 13.1. The van der Waals surface area contributed by atoms with Crippen LogP contribution in [0, 0.1) is 5.92 Å². The summed E-state index contributed by atoms with van der Waals surface area (Å²) in [5, 5.41) is 13.2. The fourth-order valence-corrected chi connectivity index (χ4v) is 4.87. The van der Waals surface area contributed by atoms with Gasteiger partial charge in [0.25, 0.3) is 0 Å². The number of benzene rings is 1. The molecule has 0 saturated heterocycles. The molecule has 3 N–H and O–H groups in total. The standard InChI is InChI=1S/C21H22BrClN6O4S/c22-15-2-4-18(23)14(8-15)10-29-6-5-19(28-29)20(30)17-9-25-12-26-21(17)27-16-3-1-13(7-16)11-33-34(24,31)32/h2,4-6,8-9,12-13,16H,1,3,7,10-11H2,(H2,24,31,32)(H,25,26,27)/t13-,16+/m1/s1. The smallest absolute Gasteiger partial charge is 0.333 e. The molecule has 34 heavy (non-hydrogen) atoms. The summed E-state index contributed by atoms with van der Waals surface area (Å²) in [5.74, 6) is 0.134. The molecule has 0 bridgehead atoms. The zero-order chi connectivity index (χ0) is 24.3. The summed E-state index contributed by atoms with van der Waals surface area (Å²) < 4.78 is 29.3. The van der Waals surface area contributed by atoms with Crippen LogP contribution in [0.3, 0.4) is 0 Å². The quantitative estimate of drug-likeness (QED) is 0.374. The fraction of sp³-hybridized carbons (Fsp3) is 0.333. The normalized spacial score (nSPS) is 18.2. The predicted molar refractivity (Wildman–Crippen MR) is 130 cm³/mol. The molecule has 4 rings (SSSR count). The van der Waals surface area contributed by atoms with E-state index in [9.17, 15) is 13.2 Å². The van der Waals surface area contributed by atoms with Crippen LogP contribution in [0.15, 0.2) is 47.5 Å². The molecule has 0 radical (unpaired) electrons. The van der Waals surface area contributed by atoms with E-state index in [4.69, 9.17) is 20.9 Å². The molecule has 1 aromatic carbocycles. The maximum atomic E-state index is 13.2. The minimum absolute atomic E-state index is 0.00625. The Balaban J connectivity index is 1.44. The Hall–Kier alpha value is -2.38. The van der Waals surface area contributed by atoms with Crippen molar-refractivity contribution in [3.8, 4) is 0 Å². The Bertz CT molecular complexity index is 1300. The minimum atomic E-state index is -3.96. The third-order valence-electron chi connectivity index (χ3n) is 5.52. The Morgan fingerprint density at radius 2 is 2.15 bits per heavy atom. The number of anilines is 1. The largest absolute Gasteiger partial charge is 0.367 e. The molecule has 2 heterocycles. The van der Waals surface area contributed by atoms with Gasteiger partial charge in [0, 0.05) is 27.9 Å². The van der Waals surface area contributed by atoms with Crippen LogP contribution in [0.25, 0.3) is 0 Å². The summed E-state index contributed by atoms with van der Waals surface area (Å²) in [4.78, 5) is 21.4. The Morgan fingerprint density at radius 1 is 1.32 bits per heavy atom. The van der Waals surface area contributed by atoms with Crippen molar-refractivity contribution in [1.29, 1.82) is 0 Å². The molecule has 2 aromatic heterocycles. The number of nitrogens with zero attached hydrogens (tertiary/aromatic N) is 4. The van der Waals surface area contributed by atoms with Gasteiger partial charge in [0.2, 0.25) is 5.78 Å². The zero-order valence-electron chi connectivity index (χ0n) is 17.9. The number of carbonyl (C=O) groups excluding carboxylic acids is 1. The molecule has 1 aliphatic rings. The maximum Gasteiger partial charge on any atom is 0.333 e. The molecule has 180 valence electrons. The SMILES string of the molecule is NS(=O)(=O)OC[C@@H]1CC[C@H](Nc2ncncc2C(=O)c2ccn(Cc3cc(Br)ccc3Cl)n2)C1. The molecule has 0 unspecified atom stereocenters. The van der Waals surface area contributed by atoms with Crippen LogP contribution in [0.2, 0.25) is 5.02 Å². The van der Waals surface area contributed by atoms with Crippen molar-refractivity contribution >= 4 is 49.4 Å². The molecule has 0 spiro atoms. The first-order chi connectivity index (χ1) is 16.2. The highest BCUT2D eigenvalue weighted by molar-refractivity contribution is 9.10. The second kappa shape index (κ2) is 10.5. The molecule has 1 saturated carbocycles. The minimum Gasteiger partial charge on any atom is -0.367 e. The van der Waals surface area contributed by atoms with E-state index in [0.717, 1.165) is 22.9 Å². The molecule has 0 aliphatic heterocycles. The van der Waals surface area contributed by atoms with Crippen molar-refractivity contribution in [2.24, 2.45) is 11.1 Å². The van der Waals surface area contributed by atoms with Crippen molar-refractivity contribution in [2.75, 3.05) is 11.9 Å². The summed E-state index contributed by atoms with van der Waals surface area (Å²) in [6.45, 7) is 0.442. The van der Waals surface area contributed by atoms with E-state index in [0.29, 0.717) is 29.4 Å². The highest BCUT2D eigenvalue weighted by Crippen LogP contribution is 2.29. The summed E-state index contributed by atoms with van der Waals surface area (Å²) in [7, 11) is -3.96. The van der Waals surface area contributed by atoms with Gasteiger partial charge < -0.3 is 5.32 Å². The highest BCUT2D eigenvalue weighted by Gasteiger charge is 2.28. The first kappa shape index (κ1) is 24.7. The summed E-state index contributed by atoms with van der Waals surface area (Å²) in [6, 6.07) is 7.20. The van der Waals surface area contributed by atoms with Gasteiger partial charge in [-0.1, -0.05) is 27.5 Å². The van der Waals surface area contributed by atoms with E-state index in [2.05, 4.69) is 36.3 Å². The zero-order valence-corrected chi connectivity index (χ0v) is 21.1. The molecule has 3 aromatic rings. The second-order valence-electron chi connectivity index (χ2n) is 8.05. The van der Waals surface area contributed by atoms with E-state index >= 15 is 0 Å². The van der Waals surface area contributed by atoms with E-state index < -0.39 is 10.3 Å². The predicted octanol–water partition coefficient (Wildman–Crippen LogP) is 3.17. The van der Waals surface area contributed by atoms with Gasteiger partial charge >= 0.3 is 10.3 Å². The molecule has 0 amide bonds. The van der Waals surface area contributed by atoms with Gasteiger partial charge in [-0.15, -0.1) is 0 Å². The van der Waals surface area contributed by atoms with Crippen molar-refractivity contribution in [3.63, 3.8) is 0 Å². The lowest BCUT2D eigenvalue weighted by Crippen LogP contribution is -2.22. The van der Waals surface area contributed by atoms with Gasteiger partial charge in [0.1, 0.15) is 17.8 Å². The van der Waals surface area contributed by atoms with Gasteiger partial charge in [-0.25, -0.2) is 15.1 Å². The molecular formula is C21H22BrClN6O4S. The average Bonchev–Trinajstić information content (AvgIpc) is 3.44. The van der Waals surface area contributed by atoms with Crippen LogP contribution in [-0.2, 0) is 21.0 Å². The van der Waals surface area contributed by atoms with Crippen LogP contribution in [0.4, 0.5) is 5.82 Å². The third-order valence-corrected chi connectivity index (χ3v) is 6.85. The summed E-state index contributed by atoms with van der Waals surface area (Å²) in [5.41, 5.74) is 1.43. The van der Waals surface area contributed by atoms with Crippen molar-refractivity contribution in [1.82, 2.24) is 19.7 Å². The number of nitrogens with two attached hydrogens (primary N) is 1. The van der Waals surface area contributed by atoms with Crippen LogP contribution in [0.5, 0.6) is 0 Å². The van der Waals surface area contributed by atoms with Crippen molar-refractivity contribution in [3.05, 3.63) is 69.3 Å². The monoisotopic (exact) mass is 568 g/mol. The van der Waals surface area contributed by atoms with E-state index in [1.807, 2.05) is 12.1 Å².